The van der Waals surface area contributed by atoms with E-state index >= 15 is 0 Å². The molecule has 1 amide bonds. The maximum atomic E-state index is 12.4. The predicted octanol–water partition coefficient (Wildman–Crippen LogP) is 3.00. The predicted molar refractivity (Wildman–Crippen MR) is 110 cm³/mol. The first kappa shape index (κ1) is 18.7. The number of aromatic nitrogens is 2. The summed E-state index contributed by atoms with van der Waals surface area (Å²) in [5.74, 6) is 1.34. The molecule has 0 fully saturated rings. The van der Waals surface area contributed by atoms with Gasteiger partial charge in [-0.15, -0.1) is 0 Å². The molecule has 0 bridgehead atoms. The largest absolute Gasteiger partial charge is 0.497 e. The van der Waals surface area contributed by atoms with Gasteiger partial charge in [-0.1, -0.05) is 6.07 Å². The molecular formula is C19H21N5O2S. The Bertz CT molecular complexity index is 999. The van der Waals surface area contributed by atoms with Crippen LogP contribution in [0.25, 0.3) is 11.0 Å². The van der Waals surface area contributed by atoms with Gasteiger partial charge in [-0.05, 0) is 56.4 Å². The fourth-order valence-corrected chi connectivity index (χ4v) is 3.01. The average molecular weight is 383 g/mol. The Morgan fingerprint density at radius 3 is 2.78 bits per heavy atom. The number of hydrazine groups is 1. The zero-order valence-electron chi connectivity index (χ0n) is 15.4. The topological polar surface area (TPSA) is 80.2 Å². The van der Waals surface area contributed by atoms with Crippen molar-refractivity contribution in [3.8, 4) is 5.75 Å². The molecule has 27 heavy (non-hydrogen) atoms. The van der Waals surface area contributed by atoms with Gasteiger partial charge in [0.15, 0.2) is 5.11 Å². The Balaban J connectivity index is 1.63. The number of ether oxygens (including phenoxy) is 1. The molecule has 0 aliphatic carbocycles. The van der Waals surface area contributed by atoms with E-state index in [1.807, 2.05) is 31.2 Å². The van der Waals surface area contributed by atoms with E-state index in [1.165, 1.54) is 0 Å². The molecule has 0 unspecified atom stereocenters. The molecule has 0 aliphatic rings. The monoisotopic (exact) mass is 383 g/mol. The summed E-state index contributed by atoms with van der Waals surface area (Å²) in [4.78, 5) is 16.9. The number of hydrogen-bond donors (Lipinski definition) is 3. The number of anilines is 1. The maximum absolute atomic E-state index is 12.4. The zero-order valence-corrected chi connectivity index (χ0v) is 16.2. The summed E-state index contributed by atoms with van der Waals surface area (Å²) in [6, 6.07) is 12.8. The Hall–Kier alpha value is -3.13. The fourth-order valence-electron chi connectivity index (χ4n) is 2.84. The summed E-state index contributed by atoms with van der Waals surface area (Å²) in [6.07, 6.45) is 0. The van der Waals surface area contributed by atoms with Crippen LogP contribution in [0.2, 0.25) is 0 Å². The van der Waals surface area contributed by atoms with Crippen LogP contribution in [0.4, 0.5) is 5.69 Å². The SMILES string of the molecule is CCn1c(C)nc2cc(C(=O)NNC(=S)Nc3cccc(OC)c3)ccc21. The lowest BCUT2D eigenvalue weighted by Gasteiger charge is -2.12. The first-order chi connectivity index (χ1) is 13.0. The second kappa shape index (κ2) is 8.05. The van der Waals surface area contributed by atoms with E-state index < -0.39 is 0 Å². The first-order valence-electron chi connectivity index (χ1n) is 8.50. The Kier molecular flexibility index (Phi) is 5.56. The summed E-state index contributed by atoms with van der Waals surface area (Å²) in [7, 11) is 1.60. The second-order valence-corrected chi connectivity index (χ2v) is 6.28. The third-order valence-corrected chi connectivity index (χ3v) is 4.34. The quantitative estimate of drug-likeness (QED) is 0.475. The third-order valence-electron chi connectivity index (χ3n) is 4.13. The lowest BCUT2D eigenvalue weighted by atomic mass is 10.2. The van der Waals surface area contributed by atoms with E-state index in [9.17, 15) is 4.79 Å². The minimum absolute atomic E-state index is 0.267. The number of benzene rings is 2. The van der Waals surface area contributed by atoms with Crippen molar-refractivity contribution in [2.24, 2.45) is 0 Å². The molecular weight excluding hydrogens is 362 g/mol. The number of rotatable bonds is 4. The van der Waals surface area contributed by atoms with Gasteiger partial charge in [-0.3, -0.25) is 15.6 Å². The molecule has 7 nitrogen and oxygen atoms in total. The number of thiocarbonyl (C=S) groups is 1. The summed E-state index contributed by atoms with van der Waals surface area (Å²) in [5.41, 5.74) is 8.34. The van der Waals surface area contributed by atoms with Gasteiger partial charge in [-0.25, -0.2) is 4.98 Å². The number of amides is 1. The van der Waals surface area contributed by atoms with E-state index in [4.69, 9.17) is 17.0 Å². The standard InChI is InChI=1S/C19H21N5O2S/c1-4-24-12(2)20-16-10-13(8-9-17(16)24)18(25)22-23-19(27)21-14-6-5-7-15(11-14)26-3/h5-11H,4H2,1-3H3,(H,22,25)(H2,21,23,27). The van der Waals surface area contributed by atoms with Crippen molar-refractivity contribution in [1.82, 2.24) is 20.4 Å². The number of imidazole rings is 1. The van der Waals surface area contributed by atoms with Crippen molar-refractivity contribution in [2.75, 3.05) is 12.4 Å². The average Bonchev–Trinajstić information content (AvgIpc) is 3.00. The first-order valence-corrected chi connectivity index (χ1v) is 8.91. The van der Waals surface area contributed by atoms with Crippen LogP contribution in [0, 0.1) is 6.92 Å². The molecule has 0 spiro atoms. The lowest BCUT2D eigenvalue weighted by molar-refractivity contribution is 0.0944. The molecule has 3 aromatic rings. The van der Waals surface area contributed by atoms with E-state index in [0.717, 1.165) is 29.1 Å². The number of methoxy groups -OCH3 is 1. The van der Waals surface area contributed by atoms with Gasteiger partial charge >= 0.3 is 0 Å². The van der Waals surface area contributed by atoms with Crippen molar-refractivity contribution >= 4 is 40.0 Å². The van der Waals surface area contributed by atoms with Gasteiger partial charge in [0.25, 0.3) is 5.91 Å². The Morgan fingerprint density at radius 2 is 2.04 bits per heavy atom. The lowest BCUT2D eigenvalue weighted by Crippen LogP contribution is -2.43. The number of carbonyl (C=O) groups is 1. The van der Waals surface area contributed by atoms with Gasteiger partial charge in [-0.2, -0.15) is 0 Å². The van der Waals surface area contributed by atoms with Crippen LogP contribution < -0.4 is 20.9 Å². The highest BCUT2D eigenvalue weighted by Gasteiger charge is 2.11. The van der Waals surface area contributed by atoms with Crippen molar-refractivity contribution in [3.05, 3.63) is 53.9 Å². The fraction of sp³-hybridized carbons (Fsp3) is 0.211. The smallest absolute Gasteiger partial charge is 0.269 e. The maximum Gasteiger partial charge on any atom is 0.269 e. The number of aryl methyl sites for hydroxylation is 2. The number of fused-ring (bicyclic) bond motifs is 1. The molecule has 3 rings (SSSR count). The normalized spacial score (nSPS) is 10.5. The minimum atomic E-state index is -0.296. The van der Waals surface area contributed by atoms with Crippen molar-refractivity contribution in [3.63, 3.8) is 0 Å². The number of nitrogens with one attached hydrogen (secondary N) is 3. The van der Waals surface area contributed by atoms with Crippen LogP contribution in [0.5, 0.6) is 5.75 Å². The van der Waals surface area contributed by atoms with Crippen LogP contribution in [0.3, 0.4) is 0 Å². The third kappa shape index (κ3) is 4.17. The molecule has 1 heterocycles. The van der Waals surface area contributed by atoms with E-state index in [0.29, 0.717) is 11.3 Å². The molecule has 0 saturated heterocycles. The molecule has 0 saturated carbocycles. The second-order valence-electron chi connectivity index (χ2n) is 5.87. The van der Waals surface area contributed by atoms with Crippen molar-refractivity contribution in [2.45, 2.75) is 20.4 Å². The highest BCUT2D eigenvalue weighted by molar-refractivity contribution is 7.80. The molecule has 140 valence electrons. The van der Waals surface area contributed by atoms with E-state index in [-0.39, 0.29) is 11.0 Å². The zero-order chi connectivity index (χ0) is 19.4. The van der Waals surface area contributed by atoms with Gasteiger partial charge in [0, 0.05) is 23.9 Å². The highest BCUT2D eigenvalue weighted by atomic mass is 32.1. The van der Waals surface area contributed by atoms with E-state index in [1.54, 1.807) is 25.3 Å². The molecule has 8 heteroatoms. The molecule has 0 atom stereocenters. The van der Waals surface area contributed by atoms with Crippen LogP contribution in [-0.2, 0) is 6.54 Å². The van der Waals surface area contributed by atoms with Gasteiger partial charge in [0.05, 0.1) is 18.1 Å². The number of hydrogen-bond acceptors (Lipinski definition) is 4. The molecule has 3 N–H and O–H groups in total. The van der Waals surface area contributed by atoms with Gasteiger partial charge in [0.2, 0.25) is 0 Å². The van der Waals surface area contributed by atoms with Gasteiger partial charge in [0.1, 0.15) is 11.6 Å². The molecule has 1 aromatic heterocycles. The summed E-state index contributed by atoms with van der Waals surface area (Å²) >= 11 is 5.20. The highest BCUT2D eigenvalue weighted by Crippen LogP contribution is 2.18. The Labute approximate surface area is 162 Å². The van der Waals surface area contributed by atoms with Crippen molar-refractivity contribution < 1.29 is 9.53 Å². The minimum Gasteiger partial charge on any atom is -0.497 e. The van der Waals surface area contributed by atoms with Crippen LogP contribution in [0.1, 0.15) is 23.1 Å². The molecule has 2 aromatic carbocycles. The van der Waals surface area contributed by atoms with Crippen LogP contribution >= 0.6 is 12.2 Å². The molecule has 0 radical (unpaired) electrons. The van der Waals surface area contributed by atoms with Gasteiger partial charge < -0.3 is 14.6 Å². The number of nitrogens with zero attached hydrogens (tertiary/aromatic N) is 2. The Morgan fingerprint density at radius 1 is 1.22 bits per heavy atom. The van der Waals surface area contributed by atoms with Crippen LogP contribution in [-0.4, -0.2) is 27.7 Å². The summed E-state index contributed by atoms with van der Waals surface area (Å²) in [5, 5.41) is 3.25. The van der Waals surface area contributed by atoms with Crippen molar-refractivity contribution in [1.29, 1.82) is 0 Å². The van der Waals surface area contributed by atoms with Crippen LogP contribution in [0.15, 0.2) is 42.5 Å². The number of carbonyl (C=O) groups excluding carboxylic acids is 1. The molecule has 0 aliphatic heterocycles. The van der Waals surface area contributed by atoms with E-state index in [2.05, 4.69) is 32.6 Å². The summed E-state index contributed by atoms with van der Waals surface area (Å²) < 4.78 is 7.26. The summed E-state index contributed by atoms with van der Waals surface area (Å²) in [6.45, 7) is 4.85.